The van der Waals surface area contributed by atoms with E-state index in [4.69, 9.17) is 9.47 Å². The van der Waals surface area contributed by atoms with Crippen LogP contribution in [0, 0.1) is 6.92 Å². The van der Waals surface area contributed by atoms with Crippen LogP contribution in [-0.4, -0.2) is 24.7 Å². The van der Waals surface area contributed by atoms with Crippen molar-refractivity contribution in [2.45, 2.75) is 26.7 Å². The number of hydrogen-bond acceptors (Lipinski definition) is 5. The Morgan fingerprint density at radius 3 is 2.48 bits per heavy atom. The van der Waals surface area contributed by atoms with Crippen LogP contribution in [0.3, 0.4) is 0 Å². The van der Waals surface area contributed by atoms with Crippen molar-refractivity contribution < 1.29 is 19.1 Å². The zero-order valence-corrected chi connectivity index (χ0v) is 20.3. The molecule has 0 aliphatic rings. The lowest BCUT2D eigenvalue weighted by Crippen LogP contribution is -2.24. The van der Waals surface area contributed by atoms with Crippen LogP contribution in [0.1, 0.15) is 46.8 Å². The van der Waals surface area contributed by atoms with Gasteiger partial charge in [-0.05, 0) is 60.4 Å². The second kappa shape index (κ2) is 11.4. The number of carbonyl (C=O) groups is 2. The van der Waals surface area contributed by atoms with Crippen LogP contribution >= 0.6 is 15.9 Å². The van der Waals surface area contributed by atoms with Crippen molar-refractivity contribution in [1.29, 1.82) is 0 Å². The summed E-state index contributed by atoms with van der Waals surface area (Å²) in [5.41, 5.74) is 5.45. The van der Waals surface area contributed by atoms with E-state index >= 15 is 0 Å². The molecule has 1 amide bonds. The van der Waals surface area contributed by atoms with E-state index < -0.39 is 11.9 Å². The van der Waals surface area contributed by atoms with E-state index in [-0.39, 0.29) is 6.61 Å². The van der Waals surface area contributed by atoms with Crippen LogP contribution in [0.15, 0.2) is 76.3 Å². The van der Waals surface area contributed by atoms with Crippen LogP contribution in [0.4, 0.5) is 0 Å². The minimum Gasteiger partial charge on any atom is -0.484 e. The predicted octanol–water partition coefficient (Wildman–Crippen LogP) is 5.63. The van der Waals surface area contributed by atoms with Gasteiger partial charge in [-0.1, -0.05) is 60.1 Å². The lowest BCUT2D eigenvalue weighted by molar-refractivity contribution is -0.123. The van der Waals surface area contributed by atoms with E-state index in [9.17, 15) is 9.59 Å². The minimum absolute atomic E-state index is 0.175. The van der Waals surface area contributed by atoms with Crippen molar-refractivity contribution in [1.82, 2.24) is 5.43 Å². The monoisotopic (exact) mass is 508 g/mol. The van der Waals surface area contributed by atoms with Crippen LogP contribution in [0.5, 0.6) is 11.5 Å². The summed E-state index contributed by atoms with van der Waals surface area (Å²) in [4.78, 5) is 24.7. The summed E-state index contributed by atoms with van der Waals surface area (Å²) in [5.74, 6) is 0.482. The molecule has 0 aliphatic heterocycles. The first-order valence-corrected chi connectivity index (χ1v) is 11.2. The largest absolute Gasteiger partial charge is 0.484 e. The molecule has 1 N–H and O–H groups in total. The van der Waals surface area contributed by atoms with Crippen LogP contribution < -0.4 is 14.9 Å². The number of esters is 1. The molecule has 6 nitrogen and oxygen atoms in total. The third-order valence-electron chi connectivity index (χ3n) is 4.85. The molecular weight excluding hydrogens is 484 g/mol. The Bertz CT molecular complexity index is 1160. The first kappa shape index (κ1) is 24.2. The van der Waals surface area contributed by atoms with E-state index in [2.05, 4.69) is 40.3 Å². The van der Waals surface area contributed by atoms with Crippen molar-refractivity contribution in [2.24, 2.45) is 5.10 Å². The van der Waals surface area contributed by atoms with Crippen LogP contribution in [0.2, 0.25) is 0 Å². The molecule has 3 rings (SSSR count). The van der Waals surface area contributed by atoms with Gasteiger partial charge in [0.25, 0.3) is 5.91 Å². The van der Waals surface area contributed by atoms with Gasteiger partial charge in [0.05, 0.1) is 11.8 Å². The number of ether oxygens (including phenoxy) is 2. The normalized spacial score (nSPS) is 10.9. The predicted molar refractivity (Wildman–Crippen MR) is 132 cm³/mol. The van der Waals surface area contributed by atoms with E-state index in [0.717, 1.165) is 10.0 Å². The summed E-state index contributed by atoms with van der Waals surface area (Å²) in [6.07, 6.45) is 1.42. The second-order valence-electron chi connectivity index (χ2n) is 7.69. The average Bonchev–Trinajstić information content (AvgIpc) is 2.80. The molecule has 0 unspecified atom stereocenters. The van der Waals surface area contributed by atoms with Crippen molar-refractivity contribution >= 4 is 34.0 Å². The highest BCUT2D eigenvalue weighted by atomic mass is 79.9. The number of aryl methyl sites for hydroxylation is 1. The lowest BCUT2D eigenvalue weighted by Gasteiger charge is -2.10. The van der Waals surface area contributed by atoms with Crippen molar-refractivity contribution in [2.75, 3.05) is 6.61 Å². The maximum absolute atomic E-state index is 12.6. The molecule has 0 atom stereocenters. The number of carbonyl (C=O) groups excluding carboxylic acids is 2. The third-order valence-corrected chi connectivity index (χ3v) is 5.34. The zero-order chi connectivity index (χ0) is 23.8. The first-order chi connectivity index (χ1) is 15.8. The Morgan fingerprint density at radius 2 is 1.79 bits per heavy atom. The Kier molecular flexibility index (Phi) is 8.38. The highest BCUT2D eigenvalue weighted by molar-refractivity contribution is 9.10. The molecule has 0 aromatic heterocycles. The zero-order valence-electron chi connectivity index (χ0n) is 18.7. The quantitative estimate of drug-likeness (QED) is 0.185. The minimum atomic E-state index is -0.467. The molecule has 0 spiro atoms. The Labute approximate surface area is 201 Å². The summed E-state index contributed by atoms with van der Waals surface area (Å²) in [5, 5.41) is 3.97. The number of benzene rings is 3. The van der Waals surface area contributed by atoms with Gasteiger partial charge in [-0.3, -0.25) is 4.79 Å². The SMILES string of the molecule is Cc1ccccc1C(=O)Oc1ccc(Br)cc1/C=N/NC(=O)COc1ccc(C(C)C)cc1. The summed E-state index contributed by atoms with van der Waals surface area (Å²) < 4.78 is 11.8. The summed E-state index contributed by atoms with van der Waals surface area (Å²) in [6.45, 7) is 5.89. The van der Waals surface area contributed by atoms with Gasteiger partial charge in [0.15, 0.2) is 6.61 Å². The summed E-state index contributed by atoms with van der Waals surface area (Å²) in [7, 11) is 0. The van der Waals surface area contributed by atoms with Gasteiger partial charge in [-0.15, -0.1) is 0 Å². The highest BCUT2D eigenvalue weighted by Crippen LogP contribution is 2.23. The van der Waals surface area contributed by atoms with Gasteiger partial charge in [-0.25, -0.2) is 10.2 Å². The Hall–Kier alpha value is -3.45. The fourth-order valence-corrected chi connectivity index (χ4v) is 3.35. The molecule has 0 saturated heterocycles. The lowest BCUT2D eigenvalue weighted by atomic mass is 10.0. The van der Waals surface area contributed by atoms with E-state index in [1.165, 1.54) is 11.8 Å². The molecule has 7 heteroatoms. The highest BCUT2D eigenvalue weighted by Gasteiger charge is 2.13. The van der Waals surface area contributed by atoms with Crippen LogP contribution in [0.25, 0.3) is 0 Å². The number of hydrazone groups is 1. The molecule has 3 aromatic carbocycles. The molecule has 0 heterocycles. The Balaban J connectivity index is 1.60. The number of hydrogen-bond donors (Lipinski definition) is 1. The topological polar surface area (TPSA) is 77.0 Å². The number of halogens is 1. The maximum atomic E-state index is 12.6. The number of nitrogens with one attached hydrogen (secondary N) is 1. The van der Waals surface area contributed by atoms with Crippen LogP contribution in [-0.2, 0) is 4.79 Å². The average molecular weight is 509 g/mol. The molecule has 0 saturated carbocycles. The number of rotatable bonds is 8. The third kappa shape index (κ3) is 7.02. The van der Waals surface area contributed by atoms with E-state index in [0.29, 0.717) is 28.5 Å². The van der Waals surface area contributed by atoms with Crippen molar-refractivity contribution in [3.63, 3.8) is 0 Å². The molecule has 0 bridgehead atoms. The van der Waals surface area contributed by atoms with Crippen molar-refractivity contribution in [3.05, 3.63) is 93.5 Å². The van der Waals surface area contributed by atoms with Gasteiger partial charge < -0.3 is 9.47 Å². The van der Waals surface area contributed by atoms with Gasteiger partial charge in [0.2, 0.25) is 0 Å². The smallest absolute Gasteiger partial charge is 0.343 e. The maximum Gasteiger partial charge on any atom is 0.343 e. The van der Waals surface area contributed by atoms with Gasteiger partial charge in [0.1, 0.15) is 11.5 Å². The Morgan fingerprint density at radius 1 is 1.06 bits per heavy atom. The summed E-state index contributed by atoms with van der Waals surface area (Å²) in [6, 6.07) is 20.0. The molecule has 3 aromatic rings. The standard InChI is InChI=1S/C26H25BrN2O4/c1-17(2)19-8-11-22(12-9-19)32-16-25(30)29-28-15-20-14-21(27)10-13-24(20)33-26(31)23-7-5-4-6-18(23)3/h4-15,17H,16H2,1-3H3,(H,29,30)/b28-15+. The van der Waals surface area contributed by atoms with Crippen molar-refractivity contribution in [3.8, 4) is 11.5 Å². The molecule has 0 fully saturated rings. The van der Waals surface area contributed by atoms with Gasteiger partial charge in [0, 0.05) is 10.0 Å². The molecule has 170 valence electrons. The van der Waals surface area contributed by atoms with E-state index in [1.807, 2.05) is 43.3 Å². The fraction of sp³-hybridized carbons (Fsp3) is 0.192. The first-order valence-electron chi connectivity index (χ1n) is 10.5. The fourth-order valence-electron chi connectivity index (χ4n) is 2.97. The molecule has 33 heavy (non-hydrogen) atoms. The molecular formula is C26H25BrN2O4. The molecule has 0 radical (unpaired) electrons. The van der Waals surface area contributed by atoms with Gasteiger partial charge in [-0.2, -0.15) is 5.10 Å². The number of nitrogens with zero attached hydrogens (tertiary/aromatic N) is 1. The number of amides is 1. The summed E-state index contributed by atoms with van der Waals surface area (Å²) >= 11 is 3.40. The van der Waals surface area contributed by atoms with E-state index in [1.54, 1.807) is 30.3 Å². The second-order valence-corrected chi connectivity index (χ2v) is 8.61. The van der Waals surface area contributed by atoms with Gasteiger partial charge >= 0.3 is 5.97 Å². The molecule has 0 aliphatic carbocycles.